The third-order valence-corrected chi connectivity index (χ3v) is 4.26. The normalized spacial score (nSPS) is 19.4. The molecule has 2 aromatic rings. The monoisotopic (exact) mass is 342 g/mol. The number of ether oxygens (including phenoxy) is 1. The van der Waals surface area contributed by atoms with Gasteiger partial charge in [0.2, 0.25) is 0 Å². The molecule has 0 bridgehead atoms. The van der Waals surface area contributed by atoms with E-state index in [1.807, 2.05) is 6.07 Å². The summed E-state index contributed by atoms with van der Waals surface area (Å²) < 4.78 is 18.0. The van der Waals surface area contributed by atoms with Crippen LogP contribution in [-0.2, 0) is 9.53 Å². The minimum absolute atomic E-state index is 0.125. The average Bonchev–Trinajstić information content (AvgIpc) is 3.09. The minimum atomic E-state index is -0.384. The zero-order chi connectivity index (χ0) is 17.8. The first-order valence-corrected chi connectivity index (χ1v) is 8.05. The van der Waals surface area contributed by atoms with E-state index in [4.69, 9.17) is 4.74 Å². The summed E-state index contributed by atoms with van der Waals surface area (Å²) in [6, 6.07) is 12.8. The van der Waals surface area contributed by atoms with Gasteiger partial charge >= 0.3 is 5.97 Å². The van der Waals surface area contributed by atoms with E-state index >= 15 is 0 Å². The highest BCUT2D eigenvalue weighted by Gasteiger charge is 2.30. The van der Waals surface area contributed by atoms with Crippen molar-refractivity contribution in [2.24, 2.45) is 0 Å². The number of rotatable bonds is 4. The molecule has 0 saturated carbocycles. The van der Waals surface area contributed by atoms with E-state index in [0.29, 0.717) is 18.5 Å². The number of hydrogen-bond donors (Lipinski definition) is 2. The van der Waals surface area contributed by atoms with Crippen molar-refractivity contribution in [2.45, 2.75) is 18.5 Å². The first-order valence-electron chi connectivity index (χ1n) is 8.05. The van der Waals surface area contributed by atoms with E-state index in [1.165, 1.54) is 19.2 Å². The Kier molecular flexibility index (Phi) is 5.09. The molecule has 1 aliphatic rings. The Morgan fingerprint density at radius 1 is 1.16 bits per heavy atom. The molecule has 1 aliphatic heterocycles. The number of carbonyl (C=O) groups is 2. The lowest BCUT2D eigenvalue weighted by Crippen LogP contribution is -2.36. The average molecular weight is 342 g/mol. The molecule has 2 aromatic carbocycles. The van der Waals surface area contributed by atoms with Crippen LogP contribution in [0.3, 0.4) is 0 Å². The van der Waals surface area contributed by atoms with Crippen LogP contribution in [-0.4, -0.2) is 37.6 Å². The van der Waals surface area contributed by atoms with Crippen molar-refractivity contribution in [1.29, 1.82) is 0 Å². The van der Waals surface area contributed by atoms with Crippen LogP contribution in [0.4, 0.5) is 4.39 Å². The van der Waals surface area contributed by atoms with Gasteiger partial charge in [0.25, 0.3) is 5.91 Å². The lowest BCUT2D eigenvalue weighted by atomic mass is 10.0. The fraction of sp³-hybridized carbons (Fsp3) is 0.263. The SMILES string of the molecule is COC(=O)[C@@H]1C[C@@H](NC(=O)c2ccc(-c3cccc(F)c3)cc2)CN1. The van der Waals surface area contributed by atoms with Gasteiger partial charge in [-0.25, -0.2) is 4.39 Å². The molecular weight excluding hydrogens is 323 g/mol. The number of halogens is 1. The van der Waals surface area contributed by atoms with Crippen molar-refractivity contribution in [3.63, 3.8) is 0 Å². The molecule has 0 aromatic heterocycles. The van der Waals surface area contributed by atoms with Crippen LogP contribution in [0.15, 0.2) is 48.5 Å². The summed E-state index contributed by atoms with van der Waals surface area (Å²) in [4.78, 5) is 23.8. The molecule has 1 heterocycles. The topological polar surface area (TPSA) is 67.4 Å². The van der Waals surface area contributed by atoms with Crippen LogP contribution < -0.4 is 10.6 Å². The van der Waals surface area contributed by atoms with Gasteiger partial charge in [0.15, 0.2) is 0 Å². The van der Waals surface area contributed by atoms with Crippen LogP contribution in [0.5, 0.6) is 0 Å². The Bertz CT molecular complexity index is 776. The molecule has 130 valence electrons. The summed E-state index contributed by atoms with van der Waals surface area (Å²) >= 11 is 0. The predicted molar refractivity (Wildman–Crippen MR) is 91.5 cm³/mol. The number of methoxy groups -OCH3 is 1. The highest BCUT2D eigenvalue weighted by Crippen LogP contribution is 2.20. The summed E-state index contributed by atoms with van der Waals surface area (Å²) in [5.74, 6) is -0.826. The predicted octanol–water partition coefficient (Wildman–Crippen LogP) is 2.13. The van der Waals surface area contributed by atoms with Gasteiger partial charge in [-0.1, -0.05) is 24.3 Å². The molecule has 0 unspecified atom stereocenters. The molecular formula is C19H19FN2O3. The van der Waals surface area contributed by atoms with E-state index in [9.17, 15) is 14.0 Å². The van der Waals surface area contributed by atoms with E-state index in [2.05, 4.69) is 10.6 Å². The standard InChI is InChI=1S/C19H19FN2O3/c1-25-19(24)17-10-16(11-21-17)22-18(23)13-7-5-12(6-8-13)14-3-2-4-15(20)9-14/h2-9,16-17,21H,10-11H2,1H3,(H,22,23)/t16-,17+/m1/s1. The molecule has 5 nitrogen and oxygen atoms in total. The summed E-state index contributed by atoms with van der Waals surface area (Å²) in [5.41, 5.74) is 2.11. The Morgan fingerprint density at radius 2 is 1.92 bits per heavy atom. The number of amides is 1. The second-order valence-electron chi connectivity index (χ2n) is 5.98. The Morgan fingerprint density at radius 3 is 2.60 bits per heavy atom. The molecule has 0 radical (unpaired) electrons. The highest BCUT2D eigenvalue weighted by molar-refractivity contribution is 5.95. The van der Waals surface area contributed by atoms with Gasteiger partial charge in [-0.05, 0) is 41.8 Å². The summed E-state index contributed by atoms with van der Waals surface area (Å²) in [6.45, 7) is 0.521. The number of carbonyl (C=O) groups excluding carboxylic acids is 2. The number of hydrogen-bond acceptors (Lipinski definition) is 4. The number of benzene rings is 2. The molecule has 25 heavy (non-hydrogen) atoms. The smallest absolute Gasteiger partial charge is 0.322 e. The summed E-state index contributed by atoms with van der Waals surface area (Å²) in [5, 5.41) is 5.93. The molecule has 2 atom stereocenters. The summed E-state index contributed by atoms with van der Waals surface area (Å²) in [6.07, 6.45) is 0.500. The third kappa shape index (κ3) is 4.03. The van der Waals surface area contributed by atoms with Gasteiger partial charge < -0.3 is 15.4 Å². The summed E-state index contributed by atoms with van der Waals surface area (Å²) in [7, 11) is 1.34. The zero-order valence-corrected chi connectivity index (χ0v) is 13.8. The molecule has 3 rings (SSSR count). The number of nitrogens with one attached hydrogen (secondary N) is 2. The maximum atomic E-state index is 13.3. The van der Waals surface area contributed by atoms with Gasteiger partial charge in [-0.3, -0.25) is 9.59 Å². The fourth-order valence-corrected chi connectivity index (χ4v) is 2.92. The van der Waals surface area contributed by atoms with Crippen molar-refractivity contribution >= 4 is 11.9 Å². The van der Waals surface area contributed by atoms with Gasteiger partial charge in [0.05, 0.1) is 7.11 Å². The third-order valence-electron chi connectivity index (χ3n) is 4.26. The van der Waals surface area contributed by atoms with E-state index in [1.54, 1.807) is 30.3 Å². The second-order valence-corrected chi connectivity index (χ2v) is 5.98. The maximum Gasteiger partial charge on any atom is 0.322 e. The molecule has 6 heteroatoms. The molecule has 0 aliphatic carbocycles. The molecule has 1 amide bonds. The van der Waals surface area contributed by atoms with Gasteiger partial charge in [-0.15, -0.1) is 0 Å². The lowest BCUT2D eigenvalue weighted by molar-refractivity contribution is -0.142. The highest BCUT2D eigenvalue weighted by atomic mass is 19.1. The minimum Gasteiger partial charge on any atom is -0.468 e. The van der Waals surface area contributed by atoms with Crippen LogP contribution in [0, 0.1) is 5.82 Å². The molecule has 1 fully saturated rings. The quantitative estimate of drug-likeness (QED) is 0.836. The van der Waals surface area contributed by atoms with Crippen molar-refractivity contribution in [3.05, 3.63) is 59.9 Å². The van der Waals surface area contributed by atoms with E-state index < -0.39 is 0 Å². The lowest BCUT2D eigenvalue weighted by Gasteiger charge is -2.12. The second kappa shape index (κ2) is 7.44. The van der Waals surface area contributed by atoms with Crippen molar-refractivity contribution < 1.29 is 18.7 Å². The van der Waals surface area contributed by atoms with E-state index in [-0.39, 0.29) is 29.8 Å². The van der Waals surface area contributed by atoms with Crippen molar-refractivity contribution in [3.8, 4) is 11.1 Å². The fourth-order valence-electron chi connectivity index (χ4n) is 2.92. The van der Waals surface area contributed by atoms with Crippen molar-refractivity contribution in [1.82, 2.24) is 10.6 Å². The Labute approximate surface area is 145 Å². The van der Waals surface area contributed by atoms with Gasteiger partial charge in [0, 0.05) is 18.2 Å². The van der Waals surface area contributed by atoms with Crippen LogP contribution in [0.1, 0.15) is 16.8 Å². The van der Waals surface area contributed by atoms with E-state index in [0.717, 1.165) is 11.1 Å². The first-order chi connectivity index (χ1) is 12.1. The molecule has 0 spiro atoms. The zero-order valence-electron chi connectivity index (χ0n) is 13.8. The van der Waals surface area contributed by atoms with Crippen LogP contribution in [0.25, 0.3) is 11.1 Å². The first kappa shape index (κ1) is 17.1. The van der Waals surface area contributed by atoms with Crippen LogP contribution >= 0.6 is 0 Å². The largest absolute Gasteiger partial charge is 0.468 e. The maximum absolute atomic E-state index is 13.3. The Hall–Kier alpha value is -2.73. The molecule has 1 saturated heterocycles. The Balaban J connectivity index is 1.63. The van der Waals surface area contributed by atoms with Gasteiger partial charge in [0.1, 0.15) is 11.9 Å². The van der Waals surface area contributed by atoms with Crippen LogP contribution in [0.2, 0.25) is 0 Å². The van der Waals surface area contributed by atoms with Gasteiger partial charge in [-0.2, -0.15) is 0 Å². The molecule has 2 N–H and O–H groups in total. The van der Waals surface area contributed by atoms with Crippen molar-refractivity contribution in [2.75, 3.05) is 13.7 Å². The number of esters is 1.